The molecule has 7 heteroatoms. The topological polar surface area (TPSA) is 80.3 Å². The van der Waals surface area contributed by atoms with E-state index in [1.165, 1.54) is 13.2 Å². The molecular formula is C24H26O7. The van der Waals surface area contributed by atoms with Crippen LogP contribution in [-0.4, -0.2) is 25.8 Å². The Hall–Kier alpha value is -3.48. The Morgan fingerprint density at radius 1 is 0.935 bits per heavy atom. The van der Waals surface area contributed by atoms with Crippen LogP contribution in [0.3, 0.4) is 0 Å². The first-order chi connectivity index (χ1) is 14.9. The maximum absolute atomic E-state index is 10.7. The lowest BCUT2D eigenvalue weighted by Gasteiger charge is -2.04. The number of rotatable bonds is 6. The van der Waals surface area contributed by atoms with Crippen molar-refractivity contribution in [2.45, 2.75) is 33.6 Å². The zero-order valence-corrected chi connectivity index (χ0v) is 17.9. The summed E-state index contributed by atoms with van der Waals surface area (Å²) in [5.74, 6) is 2.84. The van der Waals surface area contributed by atoms with Gasteiger partial charge in [-0.15, -0.1) is 0 Å². The Morgan fingerprint density at radius 3 is 2.06 bits per heavy atom. The van der Waals surface area contributed by atoms with Crippen LogP contribution in [0.2, 0.25) is 0 Å². The number of allylic oxidation sites excluding steroid dienone is 1. The first-order valence-electron chi connectivity index (χ1n) is 10.00. The first-order valence-corrected chi connectivity index (χ1v) is 10.00. The van der Waals surface area contributed by atoms with E-state index < -0.39 is 0 Å². The van der Waals surface area contributed by atoms with Gasteiger partial charge in [0.05, 0.1) is 6.26 Å². The van der Waals surface area contributed by atoms with Crippen LogP contribution in [-0.2, 0) is 27.2 Å². The predicted octanol–water partition coefficient (Wildman–Crippen LogP) is 4.22. The Kier molecular flexibility index (Phi) is 7.54. The fourth-order valence-corrected chi connectivity index (χ4v) is 3.09. The molecule has 0 radical (unpaired) electrons. The van der Waals surface area contributed by atoms with Crippen LogP contribution in [0.15, 0.2) is 48.2 Å². The third-order valence-electron chi connectivity index (χ3n) is 4.57. The zero-order chi connectivity index (χ0) is 22.2. The Bertz CT molecular complexity index is 964. The van der Waals surface area contributed by atoms with E-state index >= 15 is 0 Å². The molecule has 2 aromatic rings. The molecule has 0 spiro atoms. The average Bonchev–Trinajstić information content (AvgIpc) is 3.41. The van der Waals surface area contributed by atoms with Crippen molar-refractivity contribution in [3.05, 3.63) is 59.4 Å². The van der Waals surface area contributed by atoms with E-state index in [-0.39, 0.29) is 18.7 Å². The molecule has 2 aliphatic rings. The maximum atomic E-state index is 10.7. The predicted molar refractivity (Wildman–Crippen MR) is 113 cm³/mol. The summed E-state index contributed by atoms with van der Waals surface area (Å²) >= 11 is 0. The van der Waals surface area contributed by atoms with Gasteiger partial charge in [-0.3, -0.25) is 4.79 Å². The standard InChI is InChI=1S/C13H14O4.C11H12O3/c1-9(7-15-10(2)14)5-11-3-4-12-13(6-11)17-8-16-12;1-8(6-12)4-9-2-3-10-11(5-9)14-7-13-10/h3-4,6-7H,5,8H2,1-2H3;2-3,5-6,8H,4,7H2,1H3. The van der Waals surface area contributed by atoms with Crippen LogP contribution >= 0.6 is 0 Å². The third-order valence-corrected chi connectivity index (χ3v) is 4.57. The smallest absolute Gasteiger partial charge is 0.307 e. The minimum absolute atomic E-state index is 0.0513. The van der Waals surface area contributed by atoms with Crippen LogP contribution in [0.4, 0.5) is 0 Å². The van der Waals surface area contributed by atoms with E-state index in [4.69, 9.17) is 23.7 Å². The average molecular weight is 426 g/mol. The second kappa shape index (κ2) is 10.5. The summed E-state index contributed by atoms with van der Waals surface area (Å²) in [5, 5.41) is 0. The van der Waals surface area contributed by atoms with Crippen LogP contribution in [0.5, 0.6) is 23.0 Å². The lowest BCUT2D eigenvalue weighted by molar-refractivity contribution is -0.135. The first kappa shape index (κ1) is 22.2. The number of benzene rings is 2. The molecule has 0 fully saturated rings. The van der Waals surface area contributed by atoms with Gasteiger partial charge < -0.3 is 28.5 Å². The van der Waals surface area contributed by atoms with Crippen molar-refractivity contribution < 1.29 is 33.3 Å². The molecule has 0 saturated heterocycles. The SMILES string of the molecule is CC(=O)OC=C(C)Cc1ccc2c(c1)OCO2.CC(C=O)Cc1ccc2c(c1)OCO2. The van der Waals surface area contributed by atoms with Crippen molar-refractivity contribution in [2.75, 3.05) is 13.6 Å². The molecule has 31 heavy (non-hydrogen) atoms. The number of fused-ring (bicyclic) bond motifs is 2. The lowest BCUT2D eigenvalue weighted by atomic mass is 10.0. The molecule has 7 nitrogen and oxygen atoms in total. The molecule has 2 heterocycles. The highest BCUT2D eigenvalue weighted by molar-refractivity contribution is 5.66. The van der Waals surface area contributed by atoms with Crippen molar-refractivity contribution in [3.63, 3.8) is 0 Å². The highest BCUT2D eigenvalue weighted by Gasteiger charge is 2.14. The molecule has 1 atom stereocenters. The van der Waals surface area contributed by atoms with Crippen molar-refractivity contribution in [3.8, 4) is 23.0 Å². The number of aldehydes is 1. The highest BCUT2D eigenvalue weighted by Crippen LogP contribution is 2.33. The molecule has 0 N–H and O–H groups in total. The largest absolute Gasteiger partial charge is 0.454 e. The molecule has 2 aromatic carbocycles. The normalized spacial score (nSPS) is 14.4. The summed E-state index contributed by atoms with van der Waals surface area (Å²) < 4.78 is 25.8. The van der Waals surface area contributed by atoms with Gasteiger partial charge in [-0.2, -0.15) is 0 Å². The van der Waals surface area contributed by atoms with E-state index in [0.717, 1.165) is 52.4 Å². The fourth-order valence-electron chi connectivity index (χ4n) is 3.09. The Morgan fingerprint density at radius 2 is 1.48 bits per heavy atom. The van der Waals surface area contributed by atoms with Crippen molar-refractivity contribution in [1.82, 2.24) is 0 Å². The van der Waals surface area contributed by atoms with Gasteiger partial charge >= 0.3 is 5.97 Å². The summed E-state index contributed by atoms with van der Waals surface area (Å²) in [6, 6.07) is 11.6. The van der Waals surface area contributed by atoms with E-state index in [1.807, 2.05) is 50.2 Å². The van der Waals surface area contributed by atoms with Gasteiger partial charge in [-0.1, -0.05) is 19.1 Å². The van der Waals surface area contributed by atoms with E-state index in [0.29, 0.717) is 13.2 Å². The highest BCUT2D eigenvalue weighted by atomic mass is 16.7. The number of ether oxygens (including phenoxy) is 5. The molecule has 0 saturated carbocycles. The van der Waals surface area contributed by atoms with Crippen LogP contribution in [0.25, 0.3) is 0 Å². The Labute approximate surface area is 181 Å². The van der Waals surface area contributed by atoms with Gasteiger partial charge in [0, 0.05) is 12.8 Å². The lowest BCUT2D eigenvalue weighted by Crippen LogP contribution is -2.00. The number of carbonyl (C=O) groups is 2. The quantitative estimate of drug-likeness (QED) is 0.389. The second-order valence-electron chi connectivity index (χ2n) is 7.44. The fraction of sp³-hybridized carbons (Fsp3) is 0.333. The molecule has 164 valence electrons. The maximum Gasteiger partial charge on any atom is 0.307 e. The Balaban J connectivity index is 0.000000179. The number of carbonyl (C=O) groups excluding carboxylic acids is 2. The van der Waals surface area contributed by atoms with Gasteiger partial charge in [-0.25, -0.2) is 0 Å². The van der Waals surface area contributed by atoms with Crippen molar-refractivity contribution in [1.29, 1.82) is 0 Å². The number of esters is 1. The van der Waals surface area contributed by atoms with Gasteiger partial charge in [-0.05, 0) is 60.7 Å². The van der Waals surface area contributed by atoms with Crippen molar-refractivity contribution in [2.24, 2.45) is 5.92 Å². The van der Waals surface area contributed by atoms with Gasteiger partial charge in [0.25, 0.3) is 0 Å². The summed E-state index contributed by atoms with van der Waals surface area (Å²) in [7, 11) is 0. The molecular weight excluding hydrogens is 400 g/mol. The molecule has 0 amide bonds. The minimum Gasteiger partial charge on any atom is -0.454 e. The summed E-state index contributed by atoms with van der Waals surface area (Å²) in [4.78, 5) is 21.1. The van der Waals surface area contributed by atoms with Crippen LogP contribution in [0.1, 0.15) is 31.9 Å². The monoisotopic (exact) mass is 426 g/mol. The summed E-state index contributed by atoms with van der Waals surface area (Å²) in [6.45, 7) is 5.76. The zero-order valence-electron chi connectivity index (χ0n) is 17.9. The van der Waals surface area contributed by atoms with E-state index in [9.17, 15) is 9.59 Å². The van der Waals surface area contributed by atoms with Crippen molar-refractivity contribution >= 4 is 12.3 Å². The number of hydrogen-bond donors (Lipinski definition) is 0. The molecule has 1 unspecified atom stereocenters. The van der Waals surface area contributed by atoms with Gasteiger partial charge in [0.2, 0.25) is 13.6 Å². The molecule has 0 bridgehead atoms. The van der Waals surface area contributed by atoms with E-state index in [2.05, 4.69) is 0 Å². The van der Waals surface area contributed by atoms with Crippen LogP contribution < -0.4 is 18.9 Å². The molecule has 2 aliphatic heterocycles. The molecule has 0 aliphatic carbocycles. The van der Waals surface area contributed by atoms with E-state index in [1.54, 1.807) is 0 Å². The van der Waals surface area contributed by atoms with Gasteiger partial charge in [0.15, 0.2) is 23.0 Å². The van der Waals surface area contributed by atoms with Crippen LogP contribution in [0, 0.1) is 5.92 Å². The molecule has 4 rings (SSSR count). The van der Waals surface area contributed by atoms with Gasteiger partial charge in [0.1, 0.15) is 6.29 Å². The number of hydrogen-bond acceptors (Lipinski definition) is 7. The summed E-state index contributed by atoms with van der Waals surface area (Å²) in [5.41, 5.74) is 3.17. The minimum atomic E-state index is -0.310. The third kappa shape index (κ3) is 6.50. The molecule has 0 aromatic heterocycles. The second-order valence-corrected chi connectivity index (χ2v) is 7.44. The summed E-state index contributed by atoms with van der Waals surface area (Å²) in [6.07, 6.45) is 3.90.